The van der Waals surface area contributed by atoms with Gasteiger partial charge in [-0.05, 0) is 6.42 Å². The van der Waals surface area contributed by atoms with E-state index in [9.17, 15) is 9.90 Å². The van der Waals surface area contributed by atoms with Gasteiger partial charge in [0.15, 0.2) is 0 Å². The Labute approximate surface area is 151 Å². The normalized spacial score (nSPS) is 14.8. The second-order valence-electron chi connectivity index (χ2n) is 6.62. The van der Waals surface area contributed by atoms with E-state index in [1.165, 1.54) is 11.3 Å². The largest absolute Gasteiger partial charge is 0.477 e. The highest BCUT2D eigenvalue weighted by Gasteiger charge is 2.23. The molecule has 0 saturated heterocycles. The minimum absolute atomic E-state index is 0.179. The highest BCUT2D eigenvalue weighted by molar-refractivity contribution is 5.86. The highest BCUT2D eigenvalue weighted by atomic mass is 16.4. The molecule has 1 aliphatic rings. The van der Waals surface area contributed by atoms with E-state index >= 15 is 0 Å². The lowest BCUT2D eigenvalue weighted by molar-refractivity contribution is 0.0688. The molecular weight excluding hydrogens is 330 g/mol. The van der Waals surface area contributed by atoms with E-state index in [-0.39, 0.29) is 5.69 Å². The van der Waals surface area contributed by atoms with Gasteiger partial charge in [0, 0.05) is 55.5 Å². The lowest BCUT2D eigenvalue weighted by atomic mass is 10.0. The Bertz CT molecular complexity index is 929. The van der Waals surface area contributed by atoms with Gasteiger partial charge in [-0.15, -0.1) is 0 Å². The number of aromatic carboxylic acids is 1. The molecule has 0 fully saturated rings. The van der Waals surface area contributed by atoms with Crippen LogP contribution >= 0.6 is 0 Å². The molecule has 3 aromatic rings. The number of fused-ring (bicyclic) bond motifs is 1. The van der Waals surface area contributed by atoms with Crippen molar-refractivity contribution in [3.8, 4) is 11.3 Å². The molecule has 134 valence electrons. The Kier molecular flexibility index (Phi) is 4.30. The first kappa shape index (κ1) is 16.5. The number of hydrogen-bond acceptors (Lipinski definition) is 4. The molecule has 3 heterocycles. The van der Waals surface area contributed by atoms with Gasteiger partial charge in [0.2, 0.25) is 0 Å². The first-order valence-electron chi connectivity index (χ1n) is 8.71. The molecule has 0 atom stereocenters. The van der Waals surface area contributed by atoms with Crippen molar-refractivity contribution in [2.24, 2.45) is 7.05 Å². The number of hydrogen-bond donors (Lipinski definition) is 2. The zero-order valence-corrected chi connectivity index (χ0v) is 14.6. The van der Waals surface area contributed by atoms with E-state index < -0.39 is 5.97 Å². The fraction of sp³-hybridized carbons (Fsp3) is 0.316. The summed E-state index contributed by atoms with van der Waals surface area (Å²) >= 11 is 0. The lowest BCUT2D eigenvalue weighted by Crippen LogP contribution is -2.27. The topological polar surface area (TPSA) is 87.0 Å². The van der Waals surface area contributed by atoms with Gasteiger partial charge in [-0.2, -0.15) is 10.2 Å². The van der Waals surface area contributed by atoms with Gasteiger partial charge in [-0.3, -0.25) is 14.7 Å². The zero-order valence-electron chi connectivity index (χ0n) is 14.6. The van der Waals surface area contributed by atoms with Gasteiger partial charge in [0.05, 0.1) is 11.9 Å². The minimum Gasteiger partial charge on any atom is -0.477 e. The van der Waals surface area contributed by atoms with Crippen molar-refractivity contribution in [1.82, 2.24) is 24.9 Å². The van der Waals surface area contributed by atoms with Crippen LogP contribution in [0.5, 0.6) is 0 Å². The van der Waals surface area contributed by atoms with E-state index in [0.717, 1.165) is 42.8 Å². The fourth-order valence-corrected chi connectivity index (χ4v) is 3.67. The number of aromatic nitrogens is 4. The van der Waals surface area contributed by atoms with Crippen LogP contribution in [0, 0.1) is 0 Å². The quantitative estimate of drug-likeness (QED) is 0.752. The third-order valence-corrected chi connectivity index (χ3v) is 4.99. The molecule has 7 heteroatoms. The van der Waals surface area contributed by atoms with Crippen molar-refractivity contribution in [3.63, 3.8) is 0 Å². The average molecular weight is 351 g/mol. The van der Waals surface area contributed by atoms with Crippen molar-refractivity contribution in [1.29, 1.82) is 0 Å². The van der Waals surface area contributed by atoms with Gasteiger partial charge in [-0.1, -0.05) is 30.3 Å². The van der Waals surface area contributed by atoms with Crippen molar-refractivity contribution in [2.45, 2.75) is 19.4 Å². The minimum atomic E-state index is -0.967. The maximum atomic E-state index is 11.3. The number of nitrogens with zero attached hydrogens (tertiary/aromatic N) is 4. The number of aryl methyl sites for hydroxylation is 1. The smallest absolute Gasteiger partial charge is 0.354 e. The summed E-state index contributed by atoms with van der Waals surface area (Å²) in [5, 5.41) is 20.4. The van der Waals surface area contributed by atoms with Crippen LogP contribution in [-0.2, 0) is 26.4 Å². The fourth-order valence-electron chi connectivity index (χ4n) is 3.67. The van der Waals surface area contributed by atoms with E-state index in [1.54, 1.807) is 6.20 Å². The Morgan fingerprint density at radius 2 is 2.00 bits per heavy atom. The maximum absolute atomic E-state index is 11.3. The summed E-state index contributed by atoms with van der Waals surface area (Å²) in [7, 11) is 2.00. The second kappa shape index (κ2) is 6.76. The Hall–Kier alpha value is -2.93. The first-order chi connectivity index (χ1) is 12.6. The van der Waals surface area contributed by atoms with Crippen LogP contribution in [0.3, 0.4) is 0 Å². The summed E-state index contributed by atoms with van der Waals surface area (Å²) in [5.41, 5.74) is 5.66. The molecule has 0 spiro atoms. The number of carboxylic acid groups (broad SMARTS) is 1. The van der Waals surface area contributed by atoms with Gasteiger partial charge in [0.1, 0.15) is 5.69 Å². The summed E-state index contributed by atoms with van der Waals surface area (Å²) in [4.78, 5) is 13.6. The molecule has 26 heavy (non-hydrogen) atoms. The third-order valence-electron chi connectivity index (χ3n) is 4.99. The maximum Gasteiger partial charge on any atom is 0.354 e. The van der Waals surface area contributed by atoms with Crippen LogP contribution in [0.15, 0.2) is 36.5 Å². The van der Waals surface area contributed by atoms with Gasteiger partial charge < -0.3 is 5.11 Å². The molecular formula is C19H21N5O2. The summed E-state index contributed by atoms with van der Waals surface area (Å²) < 4.78 is 1.99. The molecule has 1 aromatic carbocycles. The summed E-state index contributed by atoms with van der Waals surface area (Å²) in [6.07, 6.45) is 3.40. The summed E-state index contributed by atoms with van der Waals surface area (Å²) in [6, 6.07) is 10.3. The van der Waals surface area contributed by atoms with E-state index in [1.807, 2.05) is 29.9 Å². The number of aromatic amines is 1. The van der Waals surface area contributed by atoms with E-state index in [2.05, 4.69) is 27.2 Å². The van der Waals surface area contributed by atoms with Gasteiger partial charge in [-0.25, -0.2) is 4.79 Å². The van der Waals surface area contributed by atoms with Crippen molar-refractivity contribution >= 4 is 5.97 Å². The van der Waals surface area contributed by atoms with Crippen LogP contribution in [0.1, 0.15) is 27.3 Å². The number of carbonyl (C=O) groups is 1. The molecule has 0 bridgehead atoms. The van der Waals surface area contributed by atoms with Crippen molar-refractivity contribution in [2.75, 3.05) is 13.1 Å². The van der Waals surface area contributed by atoms with Crippen molar-refractivity contribution < 1.29 is 9.90 Å². The van der Waals surface area contributed by atoms with Crippen LogP contribution in [-0.4, -0.2) is 49.0 Å². The van der Waals surface area contributed by atoms with Crippen LogP contribution in [0.4, 0.5) is 0 Å². The summed E-state index contributed by atoms with van der Waals surface area (Å²) in [6.45, 7) is 2.31. The van der Waals surface area contributed by atoms with Crippen LogP contribution in [0.25, 0.3) is 11.3 Å². The molecule has 4 rings (SSSR count). The lowest BCUT2D eigenvalue weighted by Gasteiger charge is -2.19. The predicted octanol–water partition coefficient (Wildman–Crippen LogP) is 2.11. The Morgan fingerprint density at radius 1 is 1.23 bits per heavy atom. The molecule has 2 N–H and O–H groups in total. The molecule has 0 amide bonds. The monoisotopic (exact) mass is 351 g/mol. The molecule has 0 radical (unpaired) electrons. The molecule has 0 aliphatic carbocycles. The van der Waals surface area contributed by atoms with Crippen LogP contribution in [0.2, 0.25) is 0 Å². The Balaban J connectivity index is 1.56. The number of benzene rings is 1. The zero-order chi connectivity index (χ0) is 18.1. The number of carboxylic acids is 1. The first-order valence-corrected chi connectivity index (χ1v) is 8.71. The van der Waals surface area contributed by atoms with Gasteiger partial charge in [0.25, 0.3) is 0 Å². The van der Waals surface area contributed by atoms with Gasteiger partial charge >= 0.3 is 5.97 Å². The second-order valence-corrected chi connectivity index (χ2v) is 6.62. The van der Waals surface area contributed by atoms with E-state index in [4.69, 9.17) is 5.10 Å². The molecule has 7 nitrogen and oxygen atoms in total. The average Bonchev–Trinajstić information content (AvgIpc) is 3.16. The number of nitrogens with one attached hydrogen (secondary N) is 1. The van der Waals surface area contributed by atoms with E-state index in [0.29, 0.717) is 6.54 Å². The molecule has 1 aliphatic heterocycles. The molecule has 0 saturated carbocycles. The Morgan fingerprint density at radius 3 is 2.77 bits per heavy atom. The molecule has 0 unspecified atom stereocenters. The third kappa shape index (κ3) is 3.01. The standard InChI is InChI=1S/C19H21N5O2/c1-23-16-8-10-24(12-14-11-20-21-18(14)19(25)26)9-7-15(16)17(22-23)13-5-3-2-4-6-13/h2-6,11H,7-10,12H2,1H3,(H,20,21)(H,25,26). The SMILES string of the molecule is Cn1nc(-c2ccccc2)c2c1CCN(Cc1cn[nH]c1C(=O)O)CC2. The van der Waals surface area contributed by atoms with Crippen LogP contribution < -0.4 is 0 Å². The predicted molar refractivity (Wildman–Crippen MR) is 96.9 cm³/mol. The molecule has 2 aromatic heterocycles. The highest BCUT2D eigenvalue weighted by Crippen LogP contribution is 2.28. The van der Waals surface area contributed by atoms with Crippen molar-refractivity contribution in [3.05, 3.63) is 59.0 Å². The summed E-state index contributed by atoms with van der Waals surface area (Å²) in [5.74, 6) is -0.967. The number of rotatable bonds is 4. The number of H-pyrrole nitrogens is 1.